The monoisotopic (exact) mass is 295 g/mol. The highest BCUT2D eigenvalue weighted by Crippen LogP contribution is 2.27. The van der Waals surface area contributed by atoms with E-state index < -0.39 is 23.2 Å². The number of rotatable bonds is 2. The van der Waals surface area contributed by atoms with Gasteiger partial charge in [0, 0.05) is 31.8 Å². The first kappa shape index (κ1) is 14.6. The van der Waals surface area contributed by atoms with Gasteiger partial charge in [-0.25, -0.2) is 9.59 Å². The van der Waals surface area contributed by atoms with Crippen molar-refractivity contribution in [1.82, 2.24) is 9.80 Å². The van der Waals surface area contributed by atoms with Crippen molar-refractivity contribution >= 4 is 17.9 Å². The molecule has 1 saturated heterocycles. The summed E-state index contributed by atoms with van der Waals surface area (Å²) in [6.45, 7) is 0.161. The number of hydrogen-bond donors (Lipinski definition) is 2. The van der Waals surface area contributed by atoms with Crippen molar-refractivity contribution in [3.8, 4) is 0 Å². The Morgan fingerprint density at radius 3 is 2.24 bits per heavy atom. The summed E-state index contributed by atoms with van der Waals surface area (Å²) >= 11 is 0. The van der Waals surface area contributed by atoms with E-state index in [4.69, 9.17) is 5.11 Å². The number of nitro benzene ring substituents is 1. The zero-order valence-electron chi connectivity index (χ0n) is 10.9. The first-order chi connectivity index (χ1) is 9.90. The van der Waals surface area contributed by atoms with Gasteiger partial charge in [0.2, 0.25) is 0 Å². The summed E-state index contributed by atoms with van der Waals surface area (Å²) in [4.78, 5) is 34.6. The van der Waals surface area contributed by atoms with Crippen molar-refractivity contribution in [3.63, 3.8) is 0 Å². The van der Waals surface area contributed by atoms with E-state index in [1.54, 1.807) is 0 Å². The quantitative estimate of drug-likeness (QED) is 0.630. The third-order valence-corrected chi connectivity index (χ3v) is 3.39. The Kier molecular flexibility index (Phi) is 3.92. The minimum absolute atomic E-state index is 0.000551. The highest BCUT2D eigenvalue weighted by molar-refractivity contribution is 5.68. The van der Waals surface area contributed by atoms with Gasteiger partial charge >= 0.3 is 12.2 Å². The fraction of sp³-hybridized carbons (Fsp3) is 0.333. The van der Waals surface area contributed by atoms with E-state index >= 15 is 0 Å². The van der Waals surface area contributed by atoms with Gasteiger partial charge < -0.3 is 15.1 Å². The molecule has 1 aliphatic rings. The number of amides is 2. The maximum atomic E-state index is 11.2. The number of piperazine rings is 1. The molecule has 1 aromatic carbocycles. The van der Waals surface area contributed by atoms with Gasteiger partial charge in [-0.1, -0.05) is 12.1 Å². The molecule has 1 fully saturated rings. The third kappa shape index (κ3) is 3.02. The van der Waals surface area contributed by atoms with Crippen LogP contribution in [0.4, 0.5) is 15.3 Å². The third-order valence-electron chi connectivity index (χ3n) is 3.39. The minimum atomic E-state index is -1.15. The lowest BCUT2D eigenvalue weighted by Crippen LogP contribution is -2.51. The number of non-ortho nitro benzene ring substituents is 1. The molecule has 112 valence electrons. The largest absolute Gasteiger partial charge is 0.465 e. The highest BCUT2D eigenvalue weighted by Gasteiger charge is 2.33. The maximum Gasteiger partial charge on any atom is 0.407 e. The average molecular weight is 295 g/mol. The summed E-state index contributed by atoms with van der Waals surface area (Å²) in [6, 6.07) is 4.77. The number of carbonyl (C=O) groups is 2. The Labute approximate surface area is 119 Å². The van der Waals surface area contributed by atoms with Crippen LogP contribution in [-0.2, 0) is 0 Å². The molecule has 1 atom stereocenters. The Hall–Kier alpha value is -2.84. The van der Waals surface area contributed by atoms with Crippen LogP contribution in [0.15, 0.2) is 24.3 Å². The molecule has 0 radical (unpaired) electrons. The van der Waals surface area contributed by atoms with Crippen molar-refractivity contribution in [2.75, 3.05) is 19.6 Å². The lowest BCUT2D eigenvalue weighted by Gasteiger charge is -2.38. The number of nitrogens with zero attached hydrogens (tertiary/aromatic N) is 3. The molecule has 9 heteroatoms. The van der Waals surface area contributed by atoms with Gasteiger partial charge in [-0.2, -0.15) is 0 Å². The zero-order valence-corrected chi connectivity index (χ0v) is 10.9. The lowest BCUT2D eigenvalue weighted by atomic mass is 10.0. The standard InChI is InChI=1S/C12H13N3O6/c16-11(17)13-5-6-14(12(18)19)10(7-13)8-1-3-9(4-2-8)15(20)21/h1-4,10H,5-7H2,(H,16,17)(H,18,19). The summed E-state index contributed by atoms with van der Waals surface area (Å²) in [6.07, 6.45) is -2.27. The molecule has 1 aliphatic heterocycles. The number of carboxylic acid groups (broad SMARTS) is 2. The molecule has 2 amide bonds. The van der Waals surface area contributed by atoms with Gasteiger partial charge in [-0.15, -0.1) is 0 Å². The topological polar surface area (TPSA) is 124 Å². The molecule has 0 saturated carbocycles. The fourth-order valence-electron chi connectivity index (χ4n) is 2.29. The van der Waals surface area contributed by atoms with Crippen molar-refractivity contribution < 1.29 is 24.7 Å². The number of hydrogen-bond acceptors (Lipinski definition) is 4. The van der Waals surface area contributed by atoms with Crippen LogP contribution in [0, 0.1) is 10.1 Å². The predicted molar refractivity (Wildman–Crippen MR) is 70.2 cm³/mol. The number of nitro groups is 1. The second-order valence-electron chi connectivity index (χ2n) is 4.57. The van der Waals surface area contributed by atoms with Crippen molar-refractivity contribution in [2.45, 2.75) is 6.04 Å². The first-order valence-electron chi connectivity index (χ1n) is 6.12. The summed E-state index contributed by atoms with van der Waals surface area (Å²) in [5, 5.41) is 28.8. The van der Waals surface area contributed by atoms with Gasteiger partial charge in [-0.3, -0.25) is 15.0 Å². The molecule has 1 heterocycles. The minimum Gasteiger partial charge on any atom is -0.465 e. The summed E-state index contributed by atoms with van der Waals surface area (Å²) < 4.78 is 0. The van der Waals surface area contributed by atoms with Crippen molar-refractivity contribution in [3.05, 3.63) is 39.9 Å². The van der Waals surface area contributed by atoms with Crippen LogP contribution >= 0.6 is 0 Å². The Balaban J connectivity index is 2.28. The van der Waals surface area contributed by atoms with E-state index in [1.165, 1.54) is 24.3 Å². The molecule has 2 rings (SSSR count). The maximum absolute atomic E-state index is 11.2. The molecule has 1 unspecified atom stereocenters. The summed E-state index contributed by atoms with van der Waals surface area (Å²) in [5.41, 5.74) is 0.417. The molecule has 0 bridgehead atoms. The Morgan fingerprint density at radius 2 is 1.76 bits per heavy atom. The van der Waals surface area contributed by atoms with Crippen LogP contribution in [-0.4, -0.2) is 56.8 Å². The Morgan fingerprint density at radius 1 is 1.14 bits per heavy atom. The van der Waals surface area contributed by atoms with E-state index in [2.05, 4.69) is 0 Å². The zero-order chi connectivity index (χ0) is 15.6. The lowest BCUT2D eigenvalue weighted by molar-refractivity contribution is -0.384. The highest BCUT2D eigenvalue weighted by atomic mass is 16.6. The SMILES string of the molecule is O=C(O)N1CCN(C(=O)O)C(c2ccc([N+](=O)[O-])cc2)C1. The fourth-order valence-corrected chi connectivity index (χ4v) is 2.29. The van der Waals surface area contributed by atoms with E-state index in [0.717, 1.165) is 9.80 Å². The molecular weight excluding hydrogens is 282 g/mol. The van der Waals surface area contributed by atoms with Crippen LogP contribution in [0.2, 0.25) is 0 Å². The van der Waals surface area contributed by atoms with Gasteiger partial charge in [-0.05, 0) is 5.56 Å². The van der Waals surface area contributed by atoms with E-state index in [0.29, 0.717) is 5.56 Å². The second kappa shape index (κ2) is 5.65. The van der Waals surface area contributed by atoms with Crippen LogP contribution in [0.3, 0.4) is 0 Å². The van der Waals surface area contributed by atoms with Crippen LogP contribution in [0.1, 0.15) is 11.6 Å². The van der Waals surface area contributed by atoms with E-state index in [9.17, 15) is 24.8 Å². The second-order valence-corrected chi connectivity index (χ2v) is 4.57. The average Bonchev–Trinajstić information content (AvgIpc) is 2.46. The smallest absolute Gasteiger partial charge is 0.407 e. The molecule has 0 spiro atoms. The van der Waals surface area contributed by atoms with Gasteiger partial charge in [0.15, 0.2) is 0 Å². The van der Waals surface area contributed by atoms with Crippen molar-refractivity contribution in [1.29, 1.82) is 0 Å². The van der Waals surface area contributed by atoms with Crippen LogP contribution in [0.5, 0.6) is 0 Å². The van der Waals surface area contributed by atoms with Gasteiger partial charge in [0.25, 0.3) is 5.69 Å². The molecular formula is C12H13N3O6. The van der Waals surface area contributed by atoms with Crippen molar-refractivity contribution in [2.24, 2.45) is 0 Å². The first-order valence-corrected chi connectivity index (χ1v) is 6.12. The van der Waals surface area contributed by atoms with E-state index in [-0.39, 0.29) is 25.3 Å². The Bertz CT molecular complexity index is 573. The molecule has 0 aliphatic carbocycles. The van der Waals surface area contributed by atoms with Gasteiger partial charge in [0.1, 0.15) is 0 Å². The molecule has 0 aromatic heterocycles. The van der Waals surface area contributed by atoms with Crippen LogP contribution < -0.4 is 0 Å². The normalized spacial score (nSPS) is 18.4. The molecule has 21 heavy (non-hydrogen) atoms. The molecule has 2 N–H and O–H groups in total. The summed E-state index contributed by atoms with van der Waals surface area (Å²) in [7, 11) is 0. The molecule has 1 aromatic rings. The molecule has 9 nitrogen and oxygen atoms in total. The van der Waals surface area contributed by atoms with Crippen LogP contribution in [0.25, 0.3) is 0 Å². The van der Waals surface area contributed by atoms with Gasteiger partial charge in [0.05, 0.1) is 11.0 Å². The summed E-state index contributed by atoms with van der Waals surface area (Å²) in [5.74, 6) is 0. The number of benzene rings is 1. The predicted octanol–water partition coefficient (Wildman–Crippen LogP) is 1.61. The van der Waals surface area contributed by atoms with E-state index in [1.807, 2.05) is 0 Å².